The van der Waals surface area contributed by atoms with Crippen LogP contribution in [0.4, 0.5) is 0 Å². The van der Waals surface area contributed by atoms with Crippen LogP contribution in [-0.2, 0) is 7.05 Å². The number of thiazole rings is 1. The van der Waals surface area contributed by atoms with E-state index in [-0.39, 0.29) is 5.91 Å². The minimum Gasteiger partial charge on any atom is -0.494 e. The molecular formula is C21H24N2O2S. The van der Waals surface area contributed by atoms with Crippen molar-refractivity contribution in [2.45, 2.75) is 33.6 Å². The first-order chi connectivity index (χ1) is 12.5. The molecule has 3 aromatic rings. The van der Waals surface area contributed by atoms with Crippen LogP contribution in [0.2, 0.25) is 0 Å². The first kappa shape index (κ1) is 18.4. The monoisotopic (exact) mass is 368 g/mol. The topological polar surface area (TPSA) is 43.6 Å². The molecule has 5 heteroatoms. The SMILES string of the molecule is CCCCOc1ccc(C(=O)N=c2sc3c(C)ccc(C)c3n2C)cc1. The Bertz CT molecular complexity index is 997. The molecule has 0 unspecified atom stereocenters. The molecule has 0 saturated carbocycles. The lowest BCUT2D eigenvalue weighted by Gasteiger charge is -2.05. The number of fused-ring (bicyclic) bond motifs is 1. The van der Waals surface area contributed by atoms with Gasteiger partial charge in [0, 0.05) is 12.6 Å². The van der Waals surface area contributed by atoms with Crippen molar-refractivity contribution in [3.8, 4) is 5.75 Å². The highest BCUT2D eigenvalue weighted by Gasteiger charge is 2.10. The van der Waals surface area contributed by atoms with Gasteiger partial charge in [-0.1, -0.05) is 36.8 Å². The molecule has 2 aromatic carbocycles. The van der Waals surface area contributed by atoms with Gasteiger partial charge >= 0.3 is 0 Å². The van der Waals surface area contributed by atoms with E-state index in [1.54, 1.807) is 23.5 Å². The first-order valence-corrected chi connectivity index (χ1v) is 9.70. The van der Waals surface area contributed by atoms with E-state index in [1.165, 1.54) is 15.8 Å². The van der Waals surface area contributed by atoms with Crippen molar-refractivity contribution in [3.63, 3.8) is 0 Å². The van der Waals surface area contributed by atoms with Crippen molar-refractivity contribution in [1.82, 2.24) is 4.57 Å². The summed E-state index contributed by atoms with van der Waals surface area (Å²) in [4.78, 5) is 17.6. The quantitative estimate of drug-likeness (QED) is 0.609. The summed E-state index contributed by atoms with van der Waals surface area (Å²) < 4.78 is 8.82. The van der Waals surface area contributed by atoms with Crippen LogP contribution in [0, 0.1) is 13.8 Å². The van der Waals surface area contributed by atoms with Crippen molar-refractivity contribution in [1.29, 1.82) is 0 Å². The van der Waals surface area contributed by atoms with Gasteiger partial charge in [0.15, 0.2) is 4.80 Å². The zero-order valence-electron chi connectivity index (χ0n) is 15.7. The Balaban J connectivity index is 1.89. The maximum atomic E-state index is 12.6. The lowest BCUT2D eigenvalue weighted by atomic mass is 10.1. The molecule has 0 saturated heterocycles. The molecule has 0 aliphatic heterocycles. The predicted octanol–water partition coefficient (Wildman–Crippen LogP) is 4.78. The molecule has 26 heavy (non-hydrogen) atoms. The number of carbonyl (C=O) groups excluding carboxylic acids is 1. The number of unbranched alkanes of at least 4 members (excludes halogenated alkanes) is 1. The van der Waals surface area contributed by atoms with Crippen LogP contribution in [0.15, 0.2) is 41.4 Å². The van der Waals surface area contributed by atoms with E-state index in [0.717, 1.165) is 24.1 Å². The molecule has 0 fully saturated rings. The summed E-state index contributed by atoms with van der Waals surface area (Å²) in [7, 11) is 1.96. The molecule has 136 valence electrons. The van der Waals surface area contributed by atoms with Crippen LogP contribution in [0.25, 0.3) is 10.2 Å². The van der Waals surface area contributed by atoms with E-state index in [4.69, 9.17) is 4.74 Å². The molecule has 0 N–H and O–H groups in total. The molecule has 0 bridgehead atoms. The molecule has 1 heterocycles. The fraction of sp³-hybridized carbons (Fsp3) is 0.333. The van der Waals surface area contributed by atoms with Gasteiger partial charge in [-0.3, -0.25) is 4.79 Å². The normalized spacial score (nSPS) is 11.9. The van der Waals surface area contributed by atoms with Crippen LogP contribution in [-0.4, -0.2) is 17.1 Å². The predicted molar refractivity (Wildman–Crippen MR) is 107 cm³/mol. The number of benzene rings is 2. The molecule has 0 radical (unpaired) electrons. The second kappa shape index (κ2) is 7.87. The van der Waals surface area contributed by atoms with Crippen molar-refractivity contribution >= 4 is 27.5 Å². The number of nitrogens with zero attached hydrogens (tertiary/aromatic N) is 2. The Morgan fingerprint density at radius 2 is 1.81 bits per heavy atom. The van der Waals surface area contributed by atoms with Crippen LogP contribution in [0.3, 0.4) is 0 Å². The molecule has 4 nitrogen and oxygen atoms in total. The number of carbonyl (C=O) groups is 1. The molecule has 0 atom stereocenters. The van der Waals surface area contributed by atoms with Gasteiger partial charge in [-0.25, -0.2) is 0 Å². The van der Waals surface area contributed by atoms with Crippen molar-refractivity contribution in [2.75, 3.05) is 6.61 Å². The van der Waals surface area contributed by atoms with Crippen molar-refractivity contribution in [2.24, 2.45) is 12.0 Å². The first-order valence-electron chi connectivity index (χ1n) is 8.89. The smallest absolute Gasteiger partial charge is 0.279 e. The summed E-state index contributed by atoms with van der Waals surface area (Å²) in [5.74, 6) is 0.552. The average molecular weight is 369 g/mol. The molecule has 0 aliphatic rings. The van der Waals surface area contributed by atoms with E-state index in [9.17, 15) is 4.79 Å². The highest BCUT2D eigenvalue weighted by Crippen LogP contribution is 2.24. The third-order valence-electron chi connectivity index (χ3n) is 4.41. The minimum atomic E-state index is -0.234. The number of hydrogen-bond acceptors (Lipinski definition) is 3. The molecule has 0 aliphatic carbocycles. The number of hydrogen-bond donors (Lipinski definition) is 0. The number of ether oxygens (including phenoxy) is 1. The molecule has 1 aromatic heterocycles. The minimum absolute atomic E-state index is 0.234. The van der Waals surface area contributed by atoms with Gasteiger partial charge in [-0.2, -0.15) is 4.99 Å². The zero-order chi connectivity index (χ0) is 18.7. The number of aromatic nitrogens is 1. The van der Waals surface area contributed by atoms with Crippen LogP contribution in [0.5, 0.6) is 5.75 Å². The standard InChI is InChI=1S/C21H24N2O2S/c1-5-6-13-25-17-11-9-16(10-12-17)20(24)22-21-23(4)18-14(2)7-8-15(3)19(18)26-21/h7-12H,5-6,13H2,1-4H3. The summed E-state index contributed by atoms with van der Waals surface area (Å²) in [5, 5.41) is 0. The van der Waals surface area contributed by atoms with Gasteiger partial charge in [-0.05, 0) is 55.7 Å². The lowest BCUT2D eigenvalue weighted by Crippen LogP contribution is -2.13. The summed E-state index contributed by atoms with van der Waals surface area (Å²) in [6.07, 6.45) is 2.12. The van der Waals surface area contributed by atoms with Gasteiger partial charge < -0.3 is 9.30 Å². The Labute approximate surface area is 157 Å². The summed E-state index contributed by atoms with van der Waals surface area (Å²) >= 11 is 1.56. The largest absolute Gasteiger partial charge is 0.494 e. The second-order valence-electron chi connectivity index (χ2n) is 6.46. The molecule has 3 rings (SSSR count). The summed E-state index contributed by atoms with van der Waals surface area (Å²) in [6.45, 7) is 6.99. The highest BCUT2D eigenvalue weighted by molar-refractivity contribution is 7.16. The fourth-order valence-electron chi connectivity index (χ4n) is 2.85. The van der Waals surface area contributed by atoms with Crippen LogP contribution in [0.1, 0.15) is 41.3 Å². The van der Waals surface area contributed by atoms with Gasteiger partial charge in [0.2, 0.25) is 0 Å². The lowest BCUT2D eigenvalue weighted by molar-refractivity contribution is 0.0998. The van der Waals surface area contributed by atoms with E-state index in [1.807, 2.05) is 23.7 Å². The summed E-state index contributed by atoms with van der Waals surface area (Å²) in [5.41, 5.74) is 4.10. The van der Waals surface area contributed by atoms with Crippen LogP contribution < -0.4 is 9.54 Å². The van der Waals surface area contributed by atoms with E-state index < -0.39 is 0 Å². The van der Waals surface area contributed by atoms with E-state index in [2.05, 4.69) is 37.9 Å². The van der Waals surface area contributed by atoms with Crippen molar-refractivity contribution < 1.29 is 9.53 Å². The molecule has 0 spiro atoms. The maximum Gasteiger partial charge on any atom is 0.279 e. The maximum absolute atomic E-state index is 12.6. The van der Waals surface area contributed by atoms with Crippen molar-refractivity contribution in [3.05, 3.63) is 57.9 Å². The summed E-state index contributed by atoms with van der Waals surface area (Å²) in [6, 6.07) is 11.4. The fourth-order valence-corrected chi connectivity index (χ4v) is 4.01. The van der Waals surface area contributed by atoms with Gasteiger partial charge in [0.1, 0.15) is 5.75 Å². The third kappa shape index (κ3) is 3.73. The van der Waals surface area contributed by atoms with Gasteiger partial charge in [0.05, 0.1) is 16.8 Å². The average Bonchev–Trinajstić information content (AvgIpc) is 2.97. The van der Waals surface area contributed by atoms with Crippen LogP contribution >= 0.6 is 11.3 Å². The second-order valence-corrected chi connectivity index (χ2v) is 7.44. The number of rotatable bonds is 5. The Morgan fingerprint density at radius 3 is 2.46 bits per heavy atom. The Kier molecular flexibility index (Phi) is 5.57. The van der Waals surface area contributed by atoms with Gasteiger partial charge in [0.25, 0.3) is 5.91 Å². The highest BCUT2D eigenvalue weighted by atomic mass is 32.1. The molecular weight excluding hydrogens is 344 g/mol. The molecule has 1 amide bonds. The number of aryl methyl sites for hydroxylation is 3. The van der Waals surface area contributed by atoms with E-state index in [0.29, 0.717) is 17.0 Å². The Hall–Kier alpha value is -2.40. The zero-order valence-corrected chi connectivity index (χ0v) is 16.5. The Morgan fingerprint density at radius 1 is 1.12 bits per heavy atom. The van der Waals surface area contributed by atoms with E-state index >= 15 is 0 Å². The third-order valence-corrected chi connectivity index (χ3v) is 5.68. The number of amides is 1. The van der Waals surface area contributed by atoms with Gasteiger partial charge in [-0.15, -0.1) is 0 Å².